The minimum atomic E-state index is -0.428. The van der Waals surface area contributed by atoms with E-state index < -0.39 is 5.82 Å². The van der Waals surface area contributed by atoms with Gasteiger partial charge in [-0.1, -0.05) is 29.8 Å². The molecule has 1 saturated carbocycles. The van der Waals surface area contributed by atoms with Crippen molar-refractivity contribution in [2.24, 2.45) is 0 Å². The van der Waals surface area contributed by atoms with Gasteiger partial charge >= 0.3 is 0 Å². The molecule has 6 heteroatoms. The van der Waals surface area contributed by atoms with Crippen molar-refractivity contribution in [3.8, 4) is 5.75 Å². The fourth-order valence-corrected chi connectivity index (χ4v) is 3.32. The van der Waals surface area contributed by atoms with Crippen LogP contribution in [0.5, 0.6) is 5.75 Å². The Morgan fingerprint density at radius 1 is 1.19 bits per heavy atom. The highest BCUT2D eigenvalue weighted by molar-refractivity contribution is 6.30. The number of ether oxygens (including phenoxy) is 1. The van der Waals surface area contributed by atoms with Crippen molar-refractivity contribution in [1.82, 2.24) is 10.3 Å². The highest BCUT2D eigenvalue weighted by Gasteiger charge is 2.32. The molecule has 0 bridgehead atoms. The van der Waals surface area contributed by atoms with Crippen molar-refractivity contribution in [3.05, 3.63) is 71.3 Å². The molecule has 0 aliphatic heterocycles. The van der Waals surface area contributed by atoms with Gasteiger partial charge in [0.2, 0.25) is 0 Å². The lowest BCUT2D eigenvalue weighted by atomic mass is 9.88. The van der Waals surface area contributed by atoms with Gasteiger partial charge in [-0.15, -0.1) is 12.4 Å². The molecule has 0 unspecified atom stereocenters. The molecule has 1 fully saturated rings. The topological polar surface area (TPSA) is 34.1 Å². The first kappa shape index (κ1) is 18.9. The second kappa shape index (κ2) is 8.21. The number of halogens is 3. The van der Waals surface area contributed by atoms with Crippen LogP contribution in [0.25, 0.3) is 10.8 Å². The van der Waals surface area contributed by atoms with Crippen LogP contribution in [0, 0.1) is 5.82 Å². The second-order valence-electron chi connectivity index (χ2n) is 6.31. The van der Waals surface area contributed by atoms with Crippen LogP contribution in [0.3, 0.4) is 0 Å². The summed E-state index contributed by atoms with van der Waals surface area (Å²) in [6, 6.07) is 13.1. The monoisotopic (exact) mass is 392 g/mol. The summed E-state index contributed by atoms with van der Waals surface area (Å²) in [4.78, 5) is 4.17. The maximum Gasteiger partial charge on any atom is 0.142 e. The minimum Gasteiger partial charge on any atom is -0.489 e. The van der Waals surface area contributed by atoms with Gasteiger partial charge in [0.25, 0.3) is 0 Å². The molecular formula is C20H19Cl2FN2O. The number of fused-ring (bicyclic) bond motifs is 1. The Balaban J connectivity index is 0.00000196. The molecule has 4 rings (SSSR count). The van der Waals surface area contributed by atoms with Crippen LogP contribution in [0.1, 0.15) is 18.4 Å². The summed E-state index contributed by atoms with van der Waals surface area (Å²) in [5.74, 6) is 0.182. The van der Waals surface area contributed by atoms with E-state index in [4.69, 9.17) is 16.3 Å². The molecule has 1 aliphatic carbocycles. The first-order valence-corrected chi connectivity index (χ1v) is 8.75. The Hall–Kier alpha value is -1.88. The van der Waals surface area contributed by atoms with Gasteiger partial charge in [-0.2, -0.15) is 0 Å². The summed E-state index contributed by atoms with van der Waals surface area (Å²) in [7, 11) is 0. The minimum absolute atomic E-state index is 0. The summed E-state index contributed by atoms with van der Waals surface area (Å²) >= 11 is 5.82. The van der Waals surface area contributed by atoms with E-state index in [2.05, 4.69) is 28.5 Å². The average Bonchev–Trinajstić information content (AvgIpc) is 2.62. The lowest BCUT2D eigenvalue weighted by Gasteiger charge is -2.37. The summed E-state index contributed by atoms with van der Waals surface area (Å²) in [5.41, 5.74) is 1.25. The van der Waals surface area contributed by atoms with Gasteiger partial charge in [-0.25, -0.2) is 4.39 Å². The van der Waals surface area contributed by atoms with E-state index in [0.717, 1.165) is 24.8 Å². The van der Waals surface area contributed by atoms with Crippen LogP contribution in [-0.2, 0) is 6.54 Å². The van der Waals surface area contributed by atoms with E-state index in [-0.39, 0.29) is 29.6 Å². The van der Waals surface area contributed by atoms with Gasteiger partial charge in [0.05, 0.1) is 5.02 Å². The van der Waals surface area contributed by atoms with Gasteiger partial charge in [0.15, 0.2) is 0 Å². The van der Waals surface area contributed by atoms with Crippen LogP contribution in [0.4, 0.5) is 4.39 Å². The number of hydrogen-bond donors (Lipinski definition) is 1. The quantitative estimate of drug-likeness (QED) is 0.651. The normalized spacial score (nSPS) is 18.8. The second-order valence-corrected chi connectivity index (χ2v) is 6.72. The Morgan fingerprint density at radius 3 is 2.85 bits per heavy atom. The summed E-state index contributed by atoms with van der Waals surface area (Å²) in [6.45, 7) is 0.774. The lowest BCUT2D eigenvalue weighted by Crippen LogP contribution is -2.50. The largest absolute Gasteiger partial charge is 0.489 e. The molecule has 2 aromatic carbocycles. The van der Waals surface area contributed by atoms with Gasteiger partial charge < -0.3 is 10.1 Å². The zero-order valence-electron chi connectivity index (χ0n) is 14.0. The van der Waals surface area contributed by atoms with Gasteiger partial charge in [-0.05, 0) is 42.0 Å². The number of hydrogen-bond acceptors (Lipinski definition) is 3. The Labute approximate surface area is 162 Å². The van der Waals surface area contributed by atoms with Gasteiger partial charge in [-0.3, -0.25) is 4.98 Å². The number of nitrogens with zero attached hydrogens (tertiary/aromatic N) is 1. The maximum absolute atomic E-state index is 13.2. The van der Waals surface area contributed by atoms with E-state index >= 15 is 0 Å². The van der Waals surface area contributed by atoms with Gasteiger partial charge in [0.1, 0.15) is 17.7 Å². The highest BCUT2D eigenvalue weighted by atomic mass is 35.5. The molecule has 136 valence electrons. The number of nitrogens with one attached hydrogen (secondary N) is 1. The number of rotatable bonds is 5. The molecule has 1 aromatic heterocycles. The Kier molecular flexibility index (Phi) is 5.97. The molecule has 1 N–H and O–H groups in total. The van der Waals surface area contributed by atoms with Gasteiger partial charge in [0, 0.05) is 36.4 Å². The number of benzene rings is 2. The molecule has 0 saturated heterocycles. The third kappa shape index (κ3) is 3.93. The SMILES string of the molecule is Cl.Fc1ccc(O[C@@H]2CC[C@H]2NCc2cccc3cnccc23)cc1Cl. The van der Waals surface area contributed by atoms with Crippen molar-refractivity contribution in [1.29, 1.82) is 0 Å². The molecule has 1 aliphatic rings. The van der Waals surface area contributed by atoms with E-state index in [1.807, 2.05) is 18.5 Å². The van der Waals surface area contributed by atoms with Crippen molar-refractivity contribution < 1.29 is 9.13 Å². The van der Waals surface area contributed by atoms with E-state index in [1.54, 1.807) is 6.07 Å². The van der Waals surface area contributed by atoms with Crippen LogP contribution < -0.4 is 10.1 Å². The van der Waals surface area contributed by atoms with Crippen LogP contribution in [0.15, 0.2) is 54.9 Å². The smallest absolute Gasteiger partial charge is 0.142 e. The fraction of sp³-hybridized carbons (Fsp3) is 0.250. The molecule has 0 radical (unpaired) electrons. The van der Waals surface area contributed by atoms with Crippen molar-refractivity contribution in [2.45, 2.75) is 31.5 Å². The fourth-order valence-electron chi connectivity index (χ4n) is 3.15. The van der Waals surface area contributed by atoms with Crippen LogP contribution in [0.2, 0.25) is 5.02 Å². The molecule has 1 heterocycles. The molecule has 3 nitrogen and oxygen atoms in total. The van der Waals surface area contributed by atoms with Crippen LogP contribution in [-0.4, -0.2) is 17.1 Å². The molecular weight excluding hydrogens is 374 g/mol. The maximum atomic E-state index is 13.2. The summed E-state index contributed by atoms with van der Waals surface area (Å²) in [6.07, 6.45) is 5.82. The van der Waals surface area contributed by atoms with Crippen molar-refractivity contribution in [2.75, 3.05) is 0 Å². The first-order valence-electron chi connectivity index (χ1n) is 8.37. The molecule has 26 heavy (non-hydrogen) atoms. The molecule has 3 aromatic rings. The first-order chi connectivity index (χ1) is 12.2. The highest BCUT2D eigenvalue weighted by Crippen LogP contribution is 2.29. The molecule has 2 atom stereocenters. The summed E-state index contributed by atoms with van der Waals surface area (Å²) in [5, 5.41) is 6.02. The summed E-state index contributed by atoms with van der Waals surface area (Å²) < 4.78 is 19.2. The van der Waals surface area contributed by atoms with E-state index in [9.17, 15) is 4.39 Å². The standard InChI is InChI=1S/C20H18ClFN2O.ClH/c21-17-10-15(4-5-18(17)22)25-20-7-6-19(20)24-12-14-3-1-2-13-11-23-9-8-16(13)14;/h1-5,8-11,19-20,24H,6-7,12H2;1H/t19-,20-;/m1./s1. The van der Waals surface area contributed by atoms with E-state index in [0.29, 0.717) is 5.75 Å². The zero-order valence-corrected chi connectivity index (χ0v) is 15.6. The third-order valence-corrected chi connectivity index (χ3v) is 5.00. The zero-order chi connectivity index (χ0) is 17.2. The third-order valence-electron chi connectivity index (χ3n) is 4.72. The predicted octanol–water partition coefficient (Wildman–Crippen LogP) is 5.15. The Bertz CT molecular complexity index is 901. The molecule has 0 spiro atoms. The Morgan fingerprint density at radius 2 is 2.08 bits per heavy atom. The molecule has 0 amide bonds. The predicted molar refractivity (Wildman–Crippen MR) is 105 cm³/mol. The number of pyridine rings is 1. The van der Waals surface area contributed by atoms with Crippen LogP contribution >= 0.6 is 24.0 Å². The van der Waals surface area contributed by atoms with Crippen molar-refractivity contribution >= 4 is 34.8 Å². The average molecular weight is 393 g/mol. The lowest BCUT2D eigenvalue weighted by molar-refractivity contribution is 0.0718. The van der Waals surface area contributed by atoms with Crippen molar-refractivity contribution in [3.63, 3.8) is 0 Å². The number of aromatic nitrogens is 1. The van der Waals surface area contributed by atoms with E-state index in [1.165, 1.54) is 23.1 Å².